The van der Waals surface area contributed by atoms with Crippen molar-refractivity contribution in [2.24, 2.45) is 0 Å². The van der Waals surface area contributed by atoms with Gasteiger partial charge in [0.15, 0.2) is 0 Å². The van der Waals surface area contributed by atoms with Crippen LogP contribution in [0.1, 0.15) is 16.8 Å². The fraction of sp³-hybridized carbons (Fsp3) is 0.143. The van der Waals surface area contributed by atoms with Crippen molar-refractivity contribution >= 4 is 5.69 Å². The van der Waals surface area contributed by atoms with E-state index >= 15 is 0 Å². The number of nitriles is 1. The Hall–Kier alpha value is -2.94. The van der Waals surface area contributed by atoms with Crippen molar-refractivity contribution < 1.29 is 9.66 Å². The summed E-state index contributed by atoms with van der Waals surface area (Å²) in [4.78, 5) is 14.2. The number of nitro groups is 1. The molecule has 0 saturated heterocycles. The van der Waals surface area contributed by atoms with E-state index in [1.54, 1.807) is 0 Å². The van der Waals surface area contributed by atoms with Gasteiger partial charge in [-0.15, -0.1) is 0 Å². The van der Waals surface area contributed by atoms with Crippen LogP contribution in [0.3, 0.4) is 0 Å². The van der Waals surface area contributed by atoms with Crippen molar-refractivity contribution in [3.8, 4) is 11.9 Å². The smallest absolute Gasteiger partial charge is 0.292 e. The molecule has 0 spiro atoms. The molecule has 0 atom stereocenters. The highest BCUT2D eigenvalue weighted by atomic mass is 16.6. The Morgan fingerprint density at radius 3 is 2.70 bits per heavy atom. The molecule has 2 rings (SSSR count). The zero-order chi connectivity index (χ0) is 14.5. The Morgan fingerprint density at radius 2 is 2.10 bits per heavy atom. The van der Waals surface area contributed by atoms with Crippen LogP contribution in [0.2, 0.25) is 0 Å². The lowest BCUT2D eigenvalue weighted by atomic mass is 10.2. The highest BCUT2D eigenvalue weighted by Crippen LogP contribution is 2.24. The van der Waals surface area contributed by atoms with E-state index in [0.29, 0.717) is 0 Å². The monoisotopic (exact) mass is 269 g/mol. The number of benzene rings is 1. The maximum Gasteiger partial charge on any atom is 0.292 e. The fourth-order valence-electron chi connectivity index (χ4n) is 1.67. The van der Waals surface area contributed by atoms with Crippen molar-refractivity contribution in [1.29, 1.82) is 5.26 Å². The molecule has 0 fully saturated rings. The molecule has 20 heavy (non-hydrogen) atoms. The minimum Gasteiger partial charge on any atom is -0.472 e. The van der Waals surface area contributed by atoms with Gasteiger partial charge in [-0.1, -0.05) is 30.3 Å². The maximum atomic E-state index is 10.8. The van der Waals surface area contributed by atoms with Gasteiger partial charge in [0.2, 0.25) is 5.88 Å². The number of nitrogens with zero attached hydrogens (tertiary/aromatic N) is 3. The van der Waals surface area contributed by atoms with Gasteiger partial charge in [-0.2, -0.15) is 5.26 Å². The van der Waals surface area contributed by atoms with Crippen molar-refractivity contribution in [3.05, 3.63) is 63.3 Å². The molecule has 0 saturated carbocycles. The Bertz CT molecular complexity index is 678. The first-order valence-corrected chi connectivity index (χ1v) is 5.84. The molecule has 6 nitrogen and oxygen atoms in total. The molecule has 100 valence electrons. The van der Waals surface area contributed by atoms with Crippen LogP contribution in [-0.2, 0) is 6.61 Å². The van der Waals surface area contributed by atoms with E-state index in [2.05, 4.69) is 4.98 Å². The molecule has 0 unspecified atom stereocenters. The van der Waals surface area contributed by atoms with Crippen LogP contribution in [0.5, 0.6) is 5.88 Å². The lowest BCUT2D eigenvalue weighted by Gasteiger charge is -2.08. The molecule has 0 aliphatic carbocycles. The van der Waals surface area contributed by atoms with E-state index in [0.717, 1.165) is 5.56 Å². The van der Waals surface area contributed by atoms with Gasteiger partial charge in [0, 0.05) is 6.07 Å². The van der Waals surface area contributed by atoms with Gasteiger partial charge in [-0.25, -0.2) is 4.98 Å². The first kappa shape index (κ1) is 13.5. The second kappa shape index (κ2) is 5.80. The summed E-state index contributed by atoms with van der Waals surface area (Å²) < 4.78 is 5.47. The van der Waals surface area contributed by atoms with Crippen LogP contribution >= 0.6 is 0 Å². The zero-order valence-electron chi connectivity index (χ0n) is 10.7. The Morgan fingerprint density at radius 1 is 1.40 bits per heavy atom. The number of aromatic nitrogens is 1. The van der Waals surface area contributed by atoms with E-state index in [1.165, 1.54) is 13.0 Å². The lowest BCUT2D eigenvalue weighted by molar-refractivity contribution is -0.385. The molecular weight excluding hydrogens is 258 g/mol. The molecule has 0 radical (unpaired) electrons. The quantitative estimate of drug-likeness (QED) is 0.628. The van der Waals surface area contributed by atoms with E-state index < -0.39 is 4.92 Å². The third kappa shape index (κ3) is 2.90. The number of hydrogen-bond donors (Lipinski definition) is 0. The topological polar surface area (TPSA) is 89.0 Å². The molecule has 6 heteroatoms. The molecule has 0 amide bonds. The van der Waals surface area contributed by atoms with Crippen LogP contribution in [0.15, 0.2) is 36.4 Å². The van der Waals surface area contributed by atoms with E-state index in [1.807, 2.05) is 36.4 Å². The Balaban J connectivity index is 2.26. The van der Waals surface area contributed by atoms with Gasteiger partial charge in [-0.3, -0.25) is 10.1 Å². The number of rotatable bonds is 4. The van der Waals surface area contributed by atoms with Gasteiger partial charge in [0.1, 0.15) is 23.9 Å². The van der Waals surface area contributed by atoms with Crippen LogP contribution in [0.4, 0.5) is 5.69 Å². The van der Waals surface area contributed by atoms with Gasteiger partial charge >= 0.3 is 0 Å². The highest BCUT2D eigenvalue weighted by molar-refractivity contribution is 5.48. The van der Waals surface area contributed by atoms with Gasteiger partial charge in [0.25, 0.3) is 5.69 Å². The third-order valence-corrected chi connectivity index (χ3v) is 2.69. The van der Waals surface area contributed by atoms with Crippen molar-refractivity contribution in [2.75, 3.05) is 0 Å². The molecule has 0 aliphatic heterocycles. The average Bonchev–Trinajstić information content (AvgIpc) is 2.46. The molecular formula is C14H11N3O3. The molecule has 2 aromatic rings. The van der Waals surface area contributed by atoms with Crippen molar-refractivity contribution in [2.45, 2.75) is 13.5 Å². The summed E-state index contributed by atoms with van der Waals surface area (Å²) in [5.41, 5.74) is 1.01. The minimum atomic E-state index is -0.565. The van der Waals surface area contributed by atoms with Crippen LogP contribution in [0, 0.1) is 28.4 Å². The zero-order valence-corrected chi connectivity index (χ0v) is 10.7. The normalized spacial score (nSPS) is 9.80. The van der Waals surface area contributed by atoms with Crippen molar-refractivity contribution in [1.82, 2.24) is 4.98 Å². The predicted molar refractivity (Wildman–Crippen MR) is 71.1 cm³/mol. The largest absolute Gasteiger partial charge is 0.472 e. The lowest BCUT2D eigenvalue weighted by Crippen LogP contribution is -2.03. The first-order chi connectivity index (χ1) is 9.61. The minimum absolute atomic E-state index is 0.0539. The third-order valence-electron chi connectivity index (χ3n) is 2.69. The summed E-state index contributed by atoms with van der Waals surface area (Å²) >= 11 is 0. The van der Waals surface area contributed by atoms with Gasteiger partial charge < -0.3 is 4.74 Å². The van der Waals surface area contributed by atoms with Crippen LogP contribution in [0.25, 0.3) is 0 Å². The van der Waals surface area contributed by atoms with Gasteiger partial charge in [0.05, 0.1) is 4.92 Å². The Kier molecular flexibility index (Phi) is 3.91. The van der Waals surface area contributed by atoms with E-state index in [4.69, 9.17) is 10.00 Å². The summed E-state index contributed by atoms with van der Waals surface area (Å²) in [5.74, 6) is 0.111. The number of pyridine rings is 1. The summed E-state index contributed by atoms with van der Waals surface area (Å²) in [6, 6.07) is 12.4. The average molecular weight is 269 g/mol. The molecule has 0 bridgehead atoms. The maximum absolute atomic E-state index is 10.8. The SMILES string of the molecule is Cc1nc(OCc2ccccc2)c(C#N)cc1[N+](=O)[O-]. The molecule has 1 aromatic heterocycles. The highest BCUT2D eigenvalue weighted by Gasteiger charge is 2.17. The van der Waals surface area contributed by atoms with Crippen LogP contribution in [-0.4, -0.2) is 9.91 Å². The van der Waals surface area contributed by atoms with E-state index in [-0.39, 0.29) is 29.4 Å². The first-order valence-electron chi connectivity index (χ1n) is 5.84. The number of aryl methyl sites for hydroxylation is 1. The summed E-state index contributed by atoms with van der Waals surface area (Å²) in [7, 11) is 0. The second-order valence-corrected chi connectivity index (χ2v) is 4.09. The van der Waals surface area contributed by atoms with Crippen molar-refractivity contribution in [3.63, 3.8) is 0 Å². The number of hydrogen-bond acceptors (Lipinski definition) is 5. The standard InChI is InChI=1S/C14H11N3O3/c1-10-13(17(18)19)7-12(8-15)14(16-10)20-9-11-5-3-2-4-6-11/h2-7H,9H2,1H3. The second-order valence-electron chi connectivity index (χ2n) is 4.09. The molecule has 1 heterocycles. The fourth-order valence-corrected chi connectivity index (χ4v) is 1.67. The summed E-state index contributed by atoms with van der Waals surface area (Å²) in [5, 5.41) is 19.8. The molecule has 1 aromatic carbocycles. The predicted octanol–water partition coefficient (Wildman–Crippen LogP) is 2.75. The van der Waals surface area contributed by atoms with Gasteiger partial charge in [-0.05, 0) is 12.5 Å². The summed E-state index contributed by atoms with van der Waals surface area (Å²) in [6.45, 7) is 1.76. The van der Waals surface area contributed by atoms with E-state index in [9.17, 15) is 10.1 Å². The number of ether oxygens (including phenoxy) is 1. The summed E-state index contributed by atoms with van der Waals surface area (Å²) in [6.07, 6.45) is 0. The Labute approximate surface area is 115 Å². The molecule has 0 N–H and O–H groups in total. The van der Waals surface area contributed by atoms with Crippen LogP contribution < -0.4 is 4.74 Å². The molecule has 0 aliphatic rings.